The van der Waals surface area contributed by atoms with Crippen LogP contribution >= 0.6 is 0 Å². The van der Waals surface area contributed by atoms with E-state index in [1.54, 1.807) is 0 Å². The zero-order chi connectivity index (χ0) is 12.8. The van der Waals surface area contributed by atoms with Gasteiger partial charge in [0.1, 0.15) is 0 Å². The van der Waals surface area contributed by atoms with Crippen molar-refractivity contribution in [3.05, 3.63) is 0 Å². The van der Waals surface area contributed by atoms with Crippen molar-refractivity contribution in [2.75, 3.05) is 7.11 Å². The van der Waals surface area contributed by atoms with Gasteiger partial charge in [-0.1, -0.05) is 71.1 Å². The first kappa shape index (κ1) is 16.5. The summed E-state index contributed by atoms with van der Waals surface area (Å²) in [5.41, 5.74) is 0. The van der Waals surface area contributed by atoms with Gasteiger partial charge in [0.25, 0.3) is 0 Å². The molecule has 0 aromatic heterocycles. The summed E-state index contributed by atoms with van der Waals surface area (Å²) in [5.74, 6) is -0.0686. The van der Waals surface area contributed by atoms with Gasteiger partial charge in [0, 0.05) is 6.42 Å². The minimum Gasteiger partial charge on any atom is -0.469 e. The van der Waals surface area contributed by atoms with Gasteiger partial charge in [-0.15, -0.1) is 0 Å². The molecular formula is C15H30O2. The molecule has 0 aromatic carbocycles. The highest BCUT2D eigenvalue weighted by Crippen LogP contribution is 2.11. The van der Waals surface area contributed by atoms with Gasteiger partial charge in [0.2, 0.25) is 0 Å². The van der Waals surface area contributed by atoms with Gasteiger partial charge in [0.15, 0.2) is 0 Å². The van der Waals surface area contributed by atoms with E-state index in [0.717, 1.165) is 6.42 Å². The summed E-state index contributed by atoms with van der Waals surface area (Å²) in [5, 5.41) is 0. The number of esters is 1. The molecule has 2 heteroatoms. The maximum absolute atomic E-state index is 10.8. The van der Waals surface area contributed by atoms with Crippen LogP contribution in [0.4, 0.5) is 0 Å². The van der Waals surface area contributed by atoms with Crippen LogP contribution in [0.5, 0.6) is 0 Å². The minimum absolute atomic E-state index is 0.0686. The highest BCUT2D eigenvalue weighted by molar-refractivity contribution is 5.68. The molecule has 0 fully saturated rings. The predicted octanol–water partition coefficient (Wildman–Crippen LogP) is 4.86. The molecule has 0 aliphatic rings. The van der Waals surface area contributed by atoms with Crippen molar-refractivity contribution in [2.24, 2.45) is 0 Å². The molecule has 0 bridgehead atoms. The SMILES string of the molecule is CCCCCCCCCCCCCC(=O)OC. The van der Waals surface area contributed by atoms with Crippen LogP contribution in [0.2, 0.25) is 0 Å². The molecular weight excluding hydrogens is 212 g/mol. The normalized spacial score (nSPS) is 10.5. The molecule has 0 saturated carbocycles. The summed E-state index contributed by atoms with van der Waals surface area (Å²) < 4.78 is 4.60. The lowest BCUT2D eigenvalue weighted by molar-refractivity contribution is -0.140. The molecule has 2 nitrogen and oxygen atoms in total. The van der Waals surface area contributed by atoms with Gasteiger partial charge in [-0.05, 0) is 6.42 Å². The number of methoxy groups -OCH3 is 1. The quantitative estimate of drug-likeness (QED) is 0.361. The Hall–Kier alpha value is -0.530. The summed E-state index contributed by atoms with van der Waals surface area (Å²) in [6, 6.07) is 0. The van der Waals surface area contributed by atoms with Crippen molar-refractivity contribution in [3.8, 4) is 0 Å². The van der Waals surface area contributed by atoms with Gasteiger partial charge in [0.05, 0.1) is 7.11 Å². The number of unbranched alkanes of at least 4 members (excludes halogenated alkanes) is 10. The Kier molecular flexibility index (Phi) is 13.1. The lowest BCUT2D eigenvalue weighted by Gasteiger charge is -2.02. The van der Waals surface area contributed by atoms with E-state index in [1.165, 1.54) is 71.3 Å². The molecule has 0 unspecified atom stereocenters. The minimum atomic E-state index is -0.0686. The van der Waals surface area contributed by atoms with Gasteiger partial charge < -0.3 is 4.74 Å². The van der Waals surface area contributed by atoms with E-state index >= 15 is 0 Å². The zero-order valence-corrected chi connectivity index (χ0v) is 11.8. The molecule has 0 radical (unpaired) electrons. The Morgan fingerprint density at radius 3 is 1.59 bits per heavy atom. The molecule has 102 valence electrons. The first-order valence-corrected chi connectivity index (χ1v) is 7.38. The Labute approximate surface area is 107 Å². The highest BCUT2D eigenvalue weighted by atomic mass is 16.5. The lowest BCUT2D eigenvalue weighted by atomic mass is 10.1. The molecule has 0 amide bonds. The van der Waals surface area contributed by atoms with Crippen molar-refractivity contribution in [1.29, 1.82) is 0 Å². The van der Waals surface area contributed by atoms with Crippen molar-refractivity contribution in [2.45, 2.75) is 84.0 Å². The van der Waals surface area contributed by atoms with E-state index in [2.05, 4.69) is 11.7 Å². The number of carbonyl (C=O) groups excluding carboxylic acids is 1. The zero-order valence-electron chi connectivity index (χ0n) is 11.8. The fourth-order valence-corrected chi connectivity index (χ4v) is 2.04. The Balaban J connectivity index is 2.96. The van der Waals surface area contributed by atoms with Gasteiger partial charge in [-0.2, -0.15) is 0 Å². The Bertz CT molecular complexity index is 166. The molecule has 0 atom stereocenters. The second-order valence-corrected chi connectivity index (χ2v) is 4.86. The molecule has 0 aromatic rings. The van der Waals surface area contributed by atoms with E-state index in [9.17, 15) is 4.79 Å². The van der Waals surface area contributed by atoms with E-state index in [-0.39, 0.29) is 5.97 Å². The van der Waals surface area contributed by atoms with Gasteiger partial charge >= 0.3 is 5.97 Å². The third-order valence-corrected chi connectivity index (χ3v) is 3.21. The maximum Gasteiger partial charge on any atom is 0.305 e. The lowest BCUT2D eigenvalue weighted by Crippen LogP contribution is -1.99. The average molecular weight is 242 g/mol. The van der Waals surface area contributed by atoms with Crippen LogP contribution in [0.25, 0.3) is 0 Å². The number of carbonyl (C=O) groups is 1. The molecule has 0 N–H and O–H groups in total. The summed E-state index contributed by atoms with van der Waals surface area (Å²) in [6.45, 7) is 2.26. The van der Waals surface area contributed by atoms with Crippen molar-refractivity contribution in [3.63, 3.8) is 0 Å². The van der Waals surface area contributed by atoms with Crippen molar-refractivity contribution < 1.29 is 9.53 Å². The third-order valence-electron chi connectivity index (χ3n) is 3.21. The first-order chi connectivity index (χ1) is 8.31. The topological polar surface area (TPSA) is 26.3 Å². The van der Waals surface area contributed by atoms with Crippen LogP contribution in [-0.2, 0) is 9.53 Å². The second kappa shape index (κ2) is 13.5. The largest absolute Gasteiger partial charge is 0.469 e. The summed E-state index contributed by atoms with van der Waals surface area (Å²) in [7, 11) is 1.46. The highest BCUT2D eigenvalue weighted by Gasteiger charge is 1.98. The Morgan fingerprint density at radius 1 is 0.765 bits per heavy atom. The number of hydrogen-bond donors (Lipinski definition) is 0. The predicted molar refractivity (Wildman–Crippen MR) is 73.1 cm³/mol. The van der Waals surface area contributed by atoms with Crippen molar-refractivity contribution in [1.82, 2.24) is 0 Å². The molecule has 0 aliphatic carbocycles. The molecule has 0 saturated heterocycles. The third kappa shape index (κ3) is 13.4. The average Bonchev–Trinajstić information content (AvgIpc) is 2.35. The number of rotatable bonds is 12. The molecule has 0 heterocycles. The first-order valence-electron chi connectivity index (χ1n) is 7.38. The van der Waals surface area contributed by atoms with Gasteiger partial charge in [-0.3, -0.25) is 4.79 Å². The van der Waals surface area contributed by atoms with Gasteiger partial charge in [-0.25, -0.2) is 0 Å². The van der Waals surface area contributed by atoms with Crippen LogP contribution in [0.3, 0.4) is 0 Å². The molecule has 0 rings (SSSR count). The molecule has 17 heavy (non-hydrogen) atoms. The molecule has 0 aliphatic heterocycles. The van der Waals surface area contributed by atoms with E-state index in [1.807, 2.05) is 0 Å². The van der Waals surface area contributed by atoms with Crippen LogP contribution in [-0.4, -0.2) is 13.1 Å². The van der Waals surface area contributed by atoms with Crippen LogP contribution in [0.1, 0.15) is 84.0 Å². The summed E-state index contributed by atoms with van der Waals surface area (Å²) >= 11 is 0. The second-order valence-electron chi connectivity index (χ2n) is 4.86. The van der Waals surface area contributed by atoms with E-state index in [0.29, 0.717) is 6.42 Å². The fourth-order valence-electron chi connectivity index (χ4n) is 2.04. The van der Waals surface area contributed by atoms with Crippen molar-refractivity contribution >= 4 is 5.97 Å². The standard InChI is InChI=1S/C15H30O2/c1-3-4-5-6-7-8-9-10-11-12-13-14-15(16)17-2/h3-14H2,1-2H3. The van der Waals surface area contributed by atoms with E-state index in [4.69, 9.17) is 0 Å². The summed E-state index contributed by atoms with van der Waals surface area (Å²) in [6.07, 6.45) is 15.1. The monoisotopic (exact) mass is 242 g/mol. The van der Waals surface area contributed by atoms with E-state index < -0.39 is 0 Å². The Morgan fingerprint density at radius 2 is 1.18 bits per heavy atom. The van der Waals surface area contributed by atoms with Crippen LogP contribution < -0.4 is 0 Å². The number of hydrogen-bond acceptors (Lipinski definition) is 2. The number of ether oxygens (including phenoxy) is 1. The fraction of sp³-hybridized carbons (Fsp3) is 0.933. The summed E-state index contributed by atoms with van der Waals surface area (Å²) in [4.78, 5) is 10.8. The van der Waals surface area contributed by atoms with Crippen LogP contribution in [0.15, 0.2) is 0 Å². The smallest absolute Gasteiger partial charge is 0.305 e. The molecule has 0 spiro atoms. The maximum atomic E-state index is 10.8. The van der Waals surface area contributed by atoms with Crippen LogP contribution in [0, 0.1) is 0 Å².